The van der Waals surface area contributed by atoms with Gasteiger partial charge in [0, 0.05) is 12.8 Å². The van der Waals surface area contributed by atoms with Crippen molar-refractivity contribution < 1.29 is 13.2 Å². The van der Waals surface area contributed by atoms with Crippen molar-refractivity contribution in [3.05, 3.63) is 24.3 Å². The van der Waals surface area contributed by atoms with Crippen LogP contribution in [0.2, 0.25) is 0 Å². The van der Waals surface area contributed by atoms with E-state index < -0.39 is 15.6 Å². The van der Waals surface area contributed by atoms with E-state index in [0.717, 1.165) is 0 Å². The van der Waals surface area contributed by atoms with E-state index in [1.54, 1.807) is 26.0 Å². The summed E-state index contributed by atoms with van der Waals surface area (Å²) in [6.07, 6.45) is 0. The number of nitrogens with one attached hydrogen (secondary N) is 1. The van der Waals surface area contributed by atoms with Crippen molar-refractivity contribution in [1.29, 1.82) is 0 Å². The molecule has 0 heterocycles. The first-order valence-electron chi connectivity index (χ1n) is 5.15. The molecule has 0 aliphatic heterocycles. The van der Waals surface area contributed by atoms with E-state index in [0.29, 0.717) is 5.69 Å². The molecule has 0 bridgehead atoms. The van der Waals surface area contributed by atoms with Crippen molar-refractivity contribution in [1.82, 2.24) is 4.72 Å². The topological polar surface area (TPSA) is 81.4 Å². The fraction of sp³-hybridized carbons (Fsp3) is 0.455. The number of hydrogen-bond acceptors (Lipinski definition) is 4. The monoisotopic (exact) mass is 258 g/mol. The lowest BCUT2D eigenvalue weighted by Crippen LogP contribution is -2.46. The molecule has 1 aromatic rings. The lowest BCUT2D eigenvalue weighted by atomic mass is 10.1. The van der Waals surface area contributed by atoms with Gasteiger partial charge in [-0.2, -0.15) is 0 Å². The first-order valence-corrected chi connectivity index (χ1v) is 6.64. The van der Waals surface area contributed by atoms with Crippen molar-refractivity contribution >= 4 is 15.7 Å². The molecule has 1 rings (SSSR count). The van der Waals surface area contributed by atoms with Crippen LogP contribution < -0.4 is 10.5 Å². The summed E-state index contributed by atoms with van der Waals surface area (Å²) >= 11 is 0. The van der Waals surface area contributed by atoms with Crippen molar-refractivity contribution in [3.8, 4) is 0 Å². The maximum absolute atomic E-state index is 12.1. The predicted molar refractivity (Wildman–Crippen MR) is 67.1 cm³/mol. The highest BCUT2D eigenvalue weighted by Gasteiger charge is 2.26. The van der Waals surface area contributed by atoms with Crippen molar-refractivity contribution in [2.75, 3.05) is 19.5 Å². The molecule has 0 saturated carbocycles. The molecule has 0 atom stereocenters. The zero-order chi connectivity index (χ0) is 13.1. The highest BCUT2D eigenvalue weighted by molar-refractivity contribution is 7.89. The highest BCUT2D eigenvalue weighted by Crippen LogP contribution is 2.15. The largest absolute Gasteiger partial charge is 0.399 e. The summed E-state index contributed by atoms with van der Waals surface area (Å²) in [5.74, 6) is 0. The van der Waals surface area contributed by atoms with Gasteiger partial charge in [0.1, 0.15) is 0 Å². The van der Waals surface area contributed by atoms with E-state index in [2.05, 4.69) is 4.72 Å². The Balaban J connectivity index is 2.97. The van der Waals surface area contributed by atoms with Crippen LogP contribution >= 0.6 is 0 Å². The molecule has 0 amide bonds. The van der Waals surface area contributed by atoms with Crippen molar-refractivity contribution in [2.24, 2.45) is 0 Å². The Hall–Kier alpha value is -1.11. The maximum Gasteiger partial charge on any atom is 0.241 e. The Morgan fingerprint density at radius 3 is 2.59 bits per heavy atom. The summed E-state index contributed by atoms with van der Waals surface area (Å²) in [6.45, 7) is 3.79. The van der Waals surface area contributed by atoms with Crippen LogP contribution in [0.4, 0.5) is 5.69 Å². The van der Waals surface area contributed by atoms with Gasteiger partial charge in [0.2, 0.25) is 10.0 Å². The van der Waals surface area contributed by atoms with Crippen molar-refractivity contribution in [3.63, 3.8) is 0 Å². The number of methoxy groups -OCH3 is 1. The molecule has 6 heteroatoms. The van der Waals surface area contributed by atoms with Crippen LogP contribution in [0, 0.1) is 0 Å². The van der Waals surface area contributed by atoms with E-state index in [1.807, 2.05) is 0 Å². The Labute approximate surface area is 102 Å². The van der Waals surface area contributed by atoms with Gasteiger partial charge in [-0.15, -0.1) is 0 Å². The number of nitrogens with two attached hydrogens (primary N) is 1. The van der Waals surface area contributed by atoms with Crippen molar-refractivity contribution in [2.45, 2.75) is 24.3 Å². The number of hydrogen-bond donors (Lipinski definition) is 2. The summed E-state index contributed by atoms with van der Waals surface area (Å²) < 4.78 is 31.6. The first kappa shape index (κ1) is 14.0. The Bertz CT molecular complexity index is 483. The second-order valence-corrected chi connectivity index (χ2v) is 6.18. The smallest absolute Gasteiger partial charge is 0.241 e. The average molecular weight is 258 g/mol. The van der Waals surface area contributed by atoms with E-state index >= 15 is 0 Å². The third-order valence-corrected chi connectivity index (χ3v) is 3.78. The van der Waals surface area contributed by atoms with Crippen LogP contribution in [0.15, 0.2) is 29.2 Å². The van der Waals surface area contributed by atoms with Gasteiger partial charge in [-0.25, -0.2) is 13.1 Å². The minimum Gasteiger partial charge on any atom is -0.399 e. The van der Waals surface area contributed by atoms with Crippen LogP contribution in [0.3, 0.4) is 0 Å². The van der Waals surface area contributed by atoms with Gasteiger partial charge < -0.3 is 10.5 Å². The summed E-state index contributed by atoms with van der Waals surface area (Å²) in [5, 5.41) is 0. The number of anilines is 1. The molecule has 0 aliphatic carbocycles. The Morgan fingerprint density at radius 2 is 2.06 bits per heavy atom. The van der Waals surface area contributed by atoms with Gasteiger partial charge >= 0.3 is 0 Å². The molecule has 0 unspecified atom stereocenters. The molecule has 0 radical (unpaired) electrons. The maximum atomic E-state index is 12.1. The quantitative estimate of drug-likeness (QED) is 0.771. The molecule has 3 N–H and O–H groups in total. The number of nitrogen functional groups attached to an aromatic ring is 1. The molecule has 0 saturated heterocycles. The molecule has 17 heavy (non-hydrogen) atoms. The van der Waals surface area contributed by atoms with E-state index in [1.165, 1.54) is 19.2 Å². The van der Waals surface area contributed by atoms with Gasteiger partial charge in [0.15, 0.2) is 0 Å². The van der Waals surface area contributed by atoms with Gasteiger partial charge in [0.25, 0.3) is 0 Å². The SMILES string of the molecule is COCC(C)(C)NS(=O)(=O)c1cccc(N)c1. The summed E-state index contributed by atoms with van der Waals surface area (Å²) in [7, 11) is -2.05. The molecule has 0 aromatic heterocycles. The second-order valence-electron chi connectivity index (χ2n) is 4.49. The molecular formula is C11H18N2O3S. The normalized spacial score (nSPS) is 12.6. The van der Waals surface area contributed by atoms with E-state index in [9.17, 15) is 8.42 Å². The van der Waals surface area contributed by atoms with Crippen LogP contribution in [0.5, 0.6) is 0 Å². The van der Waals surface area contributed by atoms with Gasteiger partial charge in [-0.1, -0.05) is 6.07 Å². The van der Waals surface area contributed by atoms with E-state index in [4.69, 9.17) is 10.5 Å². The third kappa shape index (κ3) is 3.99. The standard InChI is InChI=1S/C11H18N2O3S/c1-11(2,8-16-3)13-17(14,15)10-6-4-5-9(12)7-10/h4-7,13H,8,12H2,1-3H3. The van der Waals surface area contributed by atoms with Gasteiger partial charge in [-0.05, 0) is 32.0 Å². The van der Waals surface area contributed by atoms with Gasteiger partial charge in [-0.3, -0.25) is 0 Å². The molecule has 0 fully saturated rings. The summed E-state index contributed by atoms with van der Waals surface area (Å²) in [6, 6.07) is 6.17. The lowest BCUT2D eigenvalue weighted by molar-refractivity contribution is 0.141. The Morgan fingerprint density at radius 1 is 1.41 bits per heavy atom. The fourth-order valence-electron chi connectivity index (χ4n) is 1.49. The molecule has 0 spiro atoms. The van der Waals surface area contributed by atoms with Crippen LogP contribution in [0.25, 0.3) is 0 Å². The molecule has 96 valence electrons. The van der Waals surface area contributed by atoms with Crippen LogP contribution in [-0.2, 0) is 14.8 Å². The van der Waals surface area contributed by atoms with Crippen LogP contribution in [0.1, 0.15) is 13.8 Å². The van der Waals surface area contributed by atoms with Gasteiger partial charge in [0.05, 0.1) is 17.0 Å². The first-order chi connectivity index (χ1) is 7.77. The summed E-state index contributed by atoms with van der Waals surface area (Å²) in [5.41, 5.74) is 5.31. The molecule has 1 aromatic carbocycles. The molecular weight excluding hydrogens is 240 g/mol. The van der Waals surface area contributed by atoms with E-state index in [-0.39, 0.29) is 11.5 Å². The van der Waals surface area contributed by atoms with Crippen LogP contribution in [-0.4, -0.2) is 27.7 Å². The Kier molecular flexibility index (Phi) is 4.13. The number of rotatable bonds is 5. The zero-order valence-corrected chi connectivity index (χ0v) is 11.0. The minimum atomic E-state index is -3.57. The fourth-order valence-corrected chi connectivity index (χ4v) is 2.95. The minimum absolute atomic E-state index is 0.154. The summed E-state index contributed by atoms with van der Waals surface area (Å²) in [4.78, 5) is 0.154. The zero-order valence-electron chi connectivity index (χ0n) is 10.2. The third-order valence-electron chi connectivity index (χ3n) is 2.08. The predicted octanol–water partition coefficient (Wildman–Crippen LogP) is 0.972. The molecule has 5 nitrogen and oxygen atoms in total. The second kappa shape index (κ2) is 5.03. The lowest BCUT2D eigenvalue weighted by Gasteiger charge is -2.24. The number of benzene rings is 1. The molecule has 0 aliphatic rings. The highest BCUT2D eigenvalue weighted by atomic mass is 32.2. The average Bonchev–Trinajstić information content (AvgIpc) is 2.15. The number of ether oxygens (including phenoxy) is 1. The number of sulfonamides is 1.